The molecule has 1 fully saturated rings. The smallest absolute Gasteiger partial charge is 0.220 e. The lowest BCUT2D eigenvalue weighted by Crippen LogP contribution is -2.45. The first-order chi connectivity index (χ1) is 6.52. The quantitative estimate of drug-likeness (QED) is 0.465. The summed E-state index contributed by atoms with van der Waals surface area (Å²) in [7, 11) is 0. The lowest BCUT2D eigenvalue weighted by molar-refractivity contribution is -0.123. The van der Waals surface area contributed by atoms with E-state index in [1.807, 2.05) is 0 Å². The Morgan fingerprint density at radius 1 is 1.21 bits per heavy atom. The number of alkyl halides is 1. The highest BCUT2D eigenvalue weighted by atomic mass is 35.5. The lowest BCUT2D eigenvalue weighted by atomic mass is 9.78. The topological polar surface area (TPSA) is 95.1 Å². The molecule has 0 aliphatic heterocycles. The third-order valence-electron chi connectivity index (χ3n) is 3.09. The summed E-state index contributed by atoms with van der Waals surface area (Å²) in [6.07, 6.45) is 3.43. The number of halogens is 1. The summed E-state index contributed by atoms with van der Waals surface area (Å²) in [4.78, 5) is 10.9. The van der Waals surface area contributed by atoms with Crippen LogP contribution in [0.2, 0.25) is 0 Å². The number of hydrogen-bond donors (Lipinski definition) is 3. The second kappa shape index (κ2) is 4.96. The van der Waals surface area contributed by atoms with E-state index in [1.54, 1.807) is 0 Å². The van der Waals surface area contributed by atoms with Crippen molar-refractivity contribution in [3.05, 3.63) is 0 Å². The molecule has 0 heterocycles. The molecular weight excluding hydrogens is 202 g/mol. The number of nitrogens with two attached hydrogens (primary N) is 3. The van der Waals surface area contributed by atoms with Crippen molar-refractivity contribution < 1.29 is 4.79 Å². The van der Waals surface area contributed by atoms with Crippen molar-refractivity contribution >= 4 is 17.5 Å². The van der Waals surface area contributed by atoms with Gasteiger partial charge in [0.15, 0.2) is 0 Å². The van der Waals surface area contributed by atoms with Crippen molar-refractivity contribution in [2.24, 2.45) is 29.0 Å². The van der Waals surface area contributed by atoms with Crippen LogP contribution in [0.4, 0.5) is 0 Å². The Bertz CT molecular complexity index is 202. The van der Waals surface area contributed by atoms with E-state index in [4.69, 9.17) is 28.8 Å². The Kier molecular flexibility index (Phi) is 4.16. The Hall–Kier alpha value is -0.320. The average molecular weight is 220 g/mol. The van der Waals surface area contributed by atoms with Gasteiger partial charge in [-0.05, 0) is 31.6 Å². The maximum absolute atomic E-state index is 10.9. The largest absolute Gasteiger partial charge is 0.369 e. The predicted molar refractivity (Wildman–Crippen MR) is 56.4 cm³/mol. The highest BCUT2D eigenvalue weighted by Crippen LogP contribution is 2.31. The fraction of sp³-hybridized carbons (Fsp3) is 0.889. The van der Waals surface area contributed by atoms with Crippen LogP contribution in [0.1, 0.15) is 25.7 Å². The van der Waals surface area contributed by atoms with Gasteiger partial charge < -0.3 is 17.2 Å². The summed E-state index contributed by atoms with van der Waals surface area (Å²) in [6, 6.07) is -0.175. The summed E-state index contributed by atoms with van der Waals surface area (Å²) in [6.45, 7) is 0. The molecule has 4 nitrogen and oxygen atoms in total. The Labute approximate surface area is 89.1 Å². The number of carbonyl (C=O) groups excluding carboxylic acids is 1. The highest BCUT2D eigenvalue weighted by Gasteiger charge is 2.29. The van der Waals surface area contributed by atoms with Crippen LogP contribution in [0.3, 0.4) is 0 Å². The molecule has 0 aromatic rings. The number of amides is 1. The van der Waals surface area contributed by atoms with E-state index in [-0.39, 0.29) is 17.9 Å². The number of hydrogen-bond acceptors (Lipinski definition) is 3. The van der Waals surface area contributed by atoms with E-state index in [9.17, 15) is 4.79 Å². The van der Waals surface area contributed by atoms with Gasteiger partial charge in [-0.2, -0.15) is 0 Å². The zero-order valence-corrected chi connectivity index (χ0v) is 8.91. The molecule has 0 saturated heterocycles. The minimum atomic E-state index is -0.495. The molecule has 1 amide bonds. The van der Waals surface area contributed by atoms with E-state index >= 15 is 0 Å². The van der Waals surface area contributed by atoms with Gasteiger partial charge in [0.25, 0.3) is 0 Å². The molecule has 82 valence electrons. The van der Waals surface area contributed by atoms with Crippen molar-refractivity contribution in [3.8, 4) is 0 Å². The first kappa shape index (κ1) is 11.8. The minimum Gasteiger partial charge on any atom is -0.369 e. The molecule has 1 aliphatic carbocycles. The Morgan fingerprint density at radius 2 is 1.71 bits per heavy atom. The highest BCUT2D eigenvalue weighted by molar-refractivity contribution is 6.20. The standard InChI is InChI=1S/C9H18ClN3O/c10-8(12)7(11)5-1-3-6(4-2-5)9(13)14/h5-8H,1-4,11-12H2,(H2,13,14). The molecule has 14 heavy (non-hydrogen) atoms. The van der Waals surface area contributed by atoms with E-state index in [2.05, 4.69) is 0 Å². The van der Waals surface area contributed by atoms with Crippen LogP contribution in [0.25, 0.3) is 0 Å². The van der Waals surface area contributed by atoms with Crippen LogP contribution in [0, 0.1) is 11.8 Å². The summed E-state index contributed by atoms with van der Waals surface area (Å²) < 4.78 is 0. The molecule has 0 aromatic heterocycles. The van der Waals surface area contributed by atoms with Crippen molar-refractivity contribution in [2.45, 2.75) is 37.2 Å². The van der Waals surface area contributed by atoms with Crippen molar-refractivity contribution in [2.75, 3.05) is 0 Å². The molecule has 2 atom stereocenters. The zero-order chi connectivity index (χ0) is 10.7. The van der Waals surface area contributed by atoms with E-state index in [0.717, 1.165) is 25.7 Å². The summed E-state index contributed by atoms with van der Waals surface area (Å²) in [5.41, 5.74) is 16.1. The second-order valence-electron chi connectivity index (χ2n) is 4.04. The van der Waals surface area contributed by atoms with Gasteiger partial charge >= 0.3 is 0 Å². The third kappa shape index (κ3) is 2.83. The van der Waals surface area contributed by atoms with Gasteiger partial charge in [0, 0.05) is 12.0 Å². The molecule has 1 saturated carbocycles. The maximum atomic E-state index is 10.9. The number of primary amides is 1. The van der Waals surface area contributed by atoms with E-state index < -0.39 is 5.50 Å². The number of rotatable bonds is 3. The maximum Gasteiger partial charge on any atom is 0.220 e. The van der Waals surface area contributed by atoms with Crippen molar-refractivity contribution in [1.82, 2.24) is 0 Å². The van der Waals surface area contributed by atoms with Crippen LogP contribution in [-0.4, -0.2) is 17.5 Å². The minimum absolute atomic E-state index is 0.0185. The van der Waals surface area contributed by atoms with Crippen LogP contribution < -0.4 is 17.2 Å². The normalized spacial score (nSPS) is 32.2. The molecule has 0 aromatic carbocycles. The second-order valence-corrected chi connectivity index (χ2v) is 4.54. The average Bonchev–Trinajstić information content (AvgIpc) is 2.16. The molecule has 5 heteroatoms. The number of carbonyl (C=O) groups is 1. The van der Waals surface area contributed by atoms with Gasteiger partial charge in [-0.15, -0.1) is 11.6 Å². The van der Waals surface area contributed by atoms with Gasteiger partial charge in [-0.3, -0.25) is 4.79 Å². The van der Waals surface area contributed by atoms with Crippen LogP contribution in [0.15, 0.2) is 0 Å². The Morgan fingerprint density at radius 3 is 2.07 bits per heavy atom. The van der Waals surface area contributed by atoms with Crippen LogP contribution in [0.5, 0.6) is 0 Å². The van der Waals surface area contributed by atoms with Crippen molar-refractivity contribution in [1.29, 1.82) is 0 Å². The lowest BCUT2D eigenvalue weighted by Gasteiger charge is -2.31. The summed E-state index contributed by atoms with van der Waals surface area (Å²) in [5.74, 6) is 0.148. The first-order valence-electron chi connectivity index (χ1n) is 4.97. The monoisotopic (exact) mass is 219 g/mol. The molecule has 0 radical (unpaired) electrons. The van der Waals surface area contributed by atoms with E-state index in [1.165, 1.54) is 0 Å². The molecule has 2 unspecified atom stereocenters. The predicted octanol–water partition coefficient (Wildman–Crippen LogP) is 0.129. The first-order valence-corrected chi connectivity index (χ1v) is 5.40. The Balaban J connectivity index is 2.39. The summed E-state index contributed by atoms with van der Waals surface area (Å²) >= 11 is 5.72. The summed E-state index contributed by atoms with van der Waals surface area (Å²) in [5, 5.41) is 0. The van der Waals surface area contributed by atoms with Gasteiger partial charge in [0.05, 0.1) is 5.50 Å². The fourth-order valence-corrected chi connectivity index (χ4v) is 2.25. The van der Waals surface area contributed by atoms with Crippen LogP contribution in [-0.2, 0) is 4.79 Å². The van der Waals surface area contributed by atoms with Gasteiger partial charge in [0.1, 0.15) is 0 Å². The van der Waals surface area contributed by atoms with Crippen molar-refractivity contribution in [3.63, 3.8) is 0 Å². The van der Waals surface area contributed by atoms with Crippen LogP contribution >= 0.6 is 11.6 Å². The molecular formula is C9H18ClN3O. The van der Waals surface area contributed by atoms with Gasteiger partial charge in [-0.25, -0.2) is 0 Å². The fourth-order valence-electron chi connectivity index (χ4n) is 2.05. The molecule has 6 N–H and O–H groups in total. The molecule has 1 aliphatic rings. The SMILES string of the molecule is NC(=O)C1CCC(C(N)C(N)Cl)CC1. The molecule has 0 spiro atoms. The third-order valence-corrected chi connectivity index (χ3v) is 3.38. The van der Waals surface area contributed by atoms with Gasteiger partial charge in [-0.1, -0.05) is 0 Å². The molecule has 0 bridgehead atoms. The zero-order valence-electron chi connectivity index (χ0n) is 8.16. The molecule has 1 rings (SSSR count). The van der Waals surface area contributed by atoms with Gasteiger partial charge in [0.2, 0.25) is 5.91 Å². The van der Waals surface area contributed by atoms with E-state index in [0.29, 0.717) is 5.92 Å².